The van der Waals surface area contributed by atoms with E-state index < -0.39 is 0 Å². The first-order valence-corrected chi connectivity index (χ1v) is 6.48. The van der Waals surface area contributed by atoms with Crippen LogP contribution in [0.2, 0.25) is 0 Å². The van der Waals surface area contributed by atoms with Crippen molar-refractivity contribution >= 4 is 11.3 Å². The number of likely N-dealkylation sites (N-methyl/N-ethyl adjacent to an activating group) is 1. The number of methoxy groups -OCH3 is 2. The van der Waals surface area contributed by atoms with Gasteiger partial charge in [0.2, 0.25) is 0 Å². The quantitative estimate of drug-likeness (QED) is 0.703. The second-order valence-corrected chi connectivity index (χ2v) is 4.64. The molecule has 98 valence electrons. The van der Waals surface area contributed by atoms with Crippen LogP contribution in [0.5, 0.6) is 0 Å². The second kappa shape index (κ2) is 7.73. The molecule has 1 atom stereocenters. The van der Waals surface area contributed by atoms with Crippen molar-refractivity contribution in [2.75, 3.05) is 27.8 Å². The fourth-order valence-corrected chi connectivity index (χ4v) is 2.22. The number of hydrogen-bond acceptors (Lipinski definition) is 6. The van der Waals surface area contributed by atoms with Crippen LogP contribution in [0.15, 0.2) is 10.9 Å². The highest BCUT2D eigenvalue weighted by molar-refractivity contribution is 7.07. The van der Waals surface area contributed by atoms with Crippen molar-refractivity contribution in [3.05, 3.63) is 16.6 Å². The van der Waals surface area contributed by atoms with Gasteiger partial charge in [0.25, 0.3) is 0 Å². The van der Waals surface area contributed by atoms with Crippen LogP contribution in [0.3, 0.4) is 0 Å². The van der Waals surface area contributed by atoms with Gasteiger partial charge in [-0.3, -0.25) is 4.90 Å². The fraction of sp³-hybridized carbons (Fsp3) is 0.727. The maximum absolute atomic E-state index is 5.79. The number of nitrogens with zero attached hydrogens (tertiary/aromatic N) is 2. The largest absolute Gasteiger partial charge is 0.356 e. The summed E-state index contributed by atoms with van der Waals surface area (Å²) in [6.45, 7) is 1.37. The van der Waals surface area contributed by atoms with Crippen molar-refractivity contribution in [1.29, 1.82) is 0 Å². The fourth-order valence-electron chi connectivity index (χ4n) is 1.67. The first-order chi connectivity index (χ1) is 8.21. The Balaban J connectivity index is 2.48. The second-order valence-electron chi connectivity index (χ2n) is 3.92. The summed E-state index contributed by atoms with van der Waals surface area (Å²) in [6.07, 6.45) is 0.547. The van der Waals surface area contributed by atoms with Crippen LogP contribution in [0.25, 0.3) is 0 Å². The van der Waals surface area contributed by atoms with E-state index in [1.807, 2.05) is 17.9 Å². The number of thiazole rings is 1. The van der Waals surface area contributed by atoms with Crippen LogP contribution in [-0.4, -0.2) is 50.0 Å². The van der Waals surface area contributed by atoms with Crippen LogP contribution in [-0.2, 0) is 16.0 Å². The normalized spacial score (nSPS) is 13.5. The average molecular weight is 259 g/mol. The molecule has 6 heteroatoms. The first kappa shape index (κ1) is 14.5. The van der Waals surface area contributed by atoms with E-state index in [9.17, 15) is 0 Å². The molecule has 0 aliphatic rings. The van der Waals surface area contributed by atoms with E-state index in [1.165, 1.54) is 0 Å². The van der Waals surface area contributed by atoms with Gasteiger partial charge in [0.15, 0.2) is 6.29 Å². The van der Waals surface area contributed by atoms with E-state index in [4.69, 9.17) is 15.2 Å². The molecule has 1 rings (SSSR count). The average Bonchev–Trinajstić information content (AvgIpc) is 2.83. The summed E-state index contributed by atoms with van der Waals surface area (Å²) in [5.41, 5.74) is 8.70. The number of hydrogen-bond donors (Lipinski definition) is 1. The predicted octanol–water partition coefficient (Wildman–Crippen LogP) is 0.911. The molecule has 1 heterocycles. The van der Waals surface area contributed by atoms with Crippen LogP contribution in [0, 0.1) is 0 Å². The van der Waals surface area contributed by atoms with Crippen LogP contribution < -0.4 is 5.73 Å². The Bertz CT molecular complexity index is 291. The number of nitrogens with two attached hydrogens (primary N) is 1. The van der Waals surface area contributed by atoms with Gasteiger partial charge >= 0.3 is 0 Å². The highest BCUT2D eigenvalue weighted by Gasteiger charge is 2.19. The molecule has 0 aliphatic carbocycles. The molecule has 17 heavy (non-hydrogen) atoms. The lowest BCUT2D eigenvalue weighted by Gasteiger charge is -2.28. The van der Waals surface area contributed by atoms with E-state index in [0.29, 0.717) is 6.54 Å². The molecule has 0 aliphatic heterocycles. The summed E-state index contributed by atoms with van der Waals surface area (Å²) >= 11 is 1.61. The molecule has 0 bridgehead atoms. The summed E-state index contributed by atoms with van der Waals surface area (Å²) < 4.78 is 10.4. The Hall–Kier alpha value is -0.530. The van der Waals surface area contributed by atoms with Gasteiger partial charge in [0.05, 0.1) is 11.2 Å². The van der Waals surface area contributed by atoms with Crippen molar-refractivity contribution in [3.8, 4) is 0 Å². The highest BCUT2D eigenvalue weighted by atomic mass is 32.1. The van der Waals surface area contributed by atoms with Crippen molar-refractivity contribution in [2.24, 2.45) is 5.73 Å². The SMILES string of the molecule is COC(CC(CN)N(C)Cc1cscn1)OC. The lowest BCUT2D eigenvalue weighted by atomic mass is 10.1. The third-order valence-electron chi connectivity index (χ3n) is 2.78. The molecule has 1 aromatic heterocycles. The molecule has 0 saturated carbocycles. The third-order valence-corrected chi connectivity index (χ3v) is 3.42. The zero-order valence-corrected chi connectivity index (χ0v) is 11.4. The van der Waals surface area contributed by atoms with Crippen molar-refractivity contribution in [1.82, 2.24) is 9.88 Å². The minimum Gasteiger partial charge on any atom is -0.356 e. The molecule has 5 nitrogen and oxygen atoms in total. The molecule has 0 saturated heterocycles. The summed E-state index contributed by atoms with van der Waals surface area (Å²) in [4.78, 5) is 6.45. The van der Waals surface area contributed by atoms with E-state index in [1.54, 1.807) is 25.6 Å². The van der Waals surface area contributed by atoms with Gasteiger partial charge in [0.1, 0.15) is 0 Å². The van der Waals surface area contributed by atoms with Crippen LogP contribution >= 0.6 is 11.3 Å². The van der Waals surface area contributed by atoms with Gasteiger partial charge in [-0.25, -0.2) is 4.98 Å². The Morgan fingerprint density at radius 1 is 1.47 bits per heavy atom. The Morgan fingerprint density at radius 3 is 2.65 bits per heavy atom. The van der Waals surface area contributed by atoms with E-state index in [-0.39, 0.29) is 12.3 Å². The monoisotopic (exact) mass is 259 g/mol. The Morgan fingerprint density at radius 2 is 2.18 bits per heavy atom. The molecule has 0 amide bonds. The molecule has 0 spiro atoms. The molecule has 1 unspecified atom stereocenters. The summed E-state index contributed by atoms with van der Waals surface area (Å²) in [5.74, 6) is 0. The van der Waals surface area contributed by atoms with Gasteiger partial charge < -0.3 is 15.2 Å². The molecule has 0 radical (unpaired) electrons. The predicted molar refractivity (Wildman–Crippen MR) is 68.8 cm³/mol. The maximum atomic E-state index is 5.79. The van der Waals surface area contributed by atoms with Gasteiger partial charge in [0, 0.05) is 45.2 Å². The van der Waals surface area contributed by atoms with Crippen molar-refractivity contribution in [2.45, 2.75) is 25.3 Å². The van der Waals surface area contributed by atoms with Crippen LogP contribution in [0.4, 0.5) is 0 Å². The molecule has 0 aromatic carbocycles. The standard InChI is InChI=1S/C11H21N3O2S/c1-14(6-9-7-17-8-13-9)10(5-12)4-11(15-2)16-3/h7-8,10-11H,4-6,12H2,1-3H3. The smallest absolute Gasteiger partial charge is 0.158 e. The topological polar surface area (TPSA) is 60.6 Å². The van der Waals surface area contributed by atoms with Gasteiger partial charge in [-0.1, -0.05) is 0 Å². The molecule has 2 N–H and O–H groups in total. The summed E-state index contributed by atoms with van der Waals surface area (Å²) in [7, 11) is 5.32. The highest BCUT2D eigenvalue weighted by Crippen LogP contribution is 2.11. The lowest BCUT2D eigenvalue weighted by molar-refractivity contribution is -0.116. The van der Waals surface area contributed by atoms with Crippen molar-refractivity contribution < 1.29 is 9.47 Å². The van der Waals surface area contributed by atoms with E-state index in [2.05, 4.69) is 9.88 Å². The van der Waals surface area contributed by atoms with Gasteiger partial charge in [-0.05, 0) is 7.05 Å². The minimum atomic E-state index is -0.207. The number of ether oxygens (including phenoxy) is 2. The first-order valence-electron chi connectivity index (χ1n) is 5.54. The van der Waals surface area contributed by atoms with E-state index >= 15 is 0 Å². The zero-order chi connectivity index (χ0) is 12.7. The lowest BCUT2D eigenvalue weighted by Crippen LogP contribution is -2.40. The summed E-state index contributed by atoms with van der Waals surface area (Å²) in [5, 5.41) is 2.05. The van der Waals surface area contributed by atoms with Gasteiger partial charge in [-0.15, -0.1) is 11.3 Å². The van der Waals surface area contributed by atoms with Crippen LogP contribution in [0.1, 0.15) is 12.1 Å². The van der Waals surface area contributed by atoms with Crippen molar-refractivity contribution in [3.63, 3.8) is 0 Å². The summed E-state index contributed by atoms with van der Waals surface area (Å²) in [6, 6.07) is 0.224. The molecule has 1 aromatic rings. The Labute approximate surface area is 107 Å². The number of rotatable bonds is 8. The number of aromatic nitrogens is 1. The maximum Gasteiger partial charge on any atom is 0.158 e. The molecule has 0 fully saturated rings. The Kier molecular flexibility index (Phi) is 6.61. The third kappa shape index (κ3) is 4.69. The minimum absolute atomic E-state index is 0.207. The van der Waals surface area contributed by atoms with E-state index in [0.717, 1.165) is 18.7 Å². The molecular formula is C11H21N3O2S. The molecular weight excluding hydrogens is 238 g/mol. The zero-order valence-electron chi connectivity index (χ0n) is 10.6. The van der Waals surface area contributed by atoms with Gasteiger partial charge in [-0.2, -0.15) is 0 Å².